The molecular weight excluding hydrogens is 198 g/mol. The van der Waals surface area contributed by atoms with Crippen molar-refractivity contribution in [1.82, 2.24) is 4.72 Å². The van der Waals surface area contributed by atoms with Crippen molar-refractivity contribution in [3.63, 3.8) is 0 Å². The fourth-order valence-corrected chi connectivity index (χ4v) is 1.83. The predicted octanol–water partition coefficient (Wildman–Crippen LogP) is 1.81. The number of nitrogens with one attached hydrogen (secondary N) is 1. The van der Waals surface area contributed by atoms with E-state index in [1.54, 1.807) is 6.92 Å². The minimum atomic E-state index is -3.35. The first-order chi connectivity index (χ1) is 6.55. The van der Waals surface area contributed by atoms with E-state index >= 15 is 0 Å². The SMILES string of the molecule is C=CS(=O)(=O)N[C@H](C)c1ccccc1. The van der Waals surface area contributed by atoms with Crippen LogP contribution in [0.4, 0.5) is 0 Å². The van der Waals surface area contributed by atoms with Gasteiger partial charge in [0.05, 0.1) is 0 Å². The van der Waals surface area contributed by atoms with Crippen LogP contribution in [0.3, 0.4) is 0 Å². The second-order valence-corrected chi connectivity index (χ2v) is 4.62. The third kappa shape index (κ3) is 2.97. The molecule has 1 aromatic carbocycles. The molecule has 0 spiro atoms. The molecule has 0 saturated heterocycles. The summed E-state index contributed by atoms with van der Waals surface area (Å²) in [5, 5.41) is 0.909. The monoisotopic (exact) mass is 211 g/mol. The van der Waals surface area contributed by atoms with E-state index in [1.807, 2.05) is 30.3 Å². The van der Waals surface area contributed by atoms with Crippen molar-refractivity contribution in [2.24, 2.45) is 0 Å². The molecule has 0 saturated carbocycles. The zero-order valence-electron chi connectivity index (χ0n) is 7.97. The van der Waals surface area contributed by atoms with Crippen LogP contribution in [0.5, 0.6) is 0 Å². The Balaban J connectivity index is 2.78. The Morgan fingerprint density at radius 1 is 1.36 bits per heavy atom. The number of benzene rings is 1. The summed E-state index contributed by atoms with van der Waals surface area (Å²) in [5.74, 6) is 0. The molecule has 4 heteroatoms. The molecule has 3 nitrogen and oxygen atoms in total. The van der Waals surface area contributed by atoms with Gasteiger partial charge in [0.25, 0.3) is 0 Å². The largest absolute Gasteiger partial charge is 0.233 e. The fourth-order valence-electron chi connectivity index (χ4n) is 1.10. The summed E-state index contributed by atoms with van der Waals surface area (Å²) >= 11 is 0. The molecule has 1 N–H and O–H groups in total. The lowest BCUT2D eigenvalue weighted by atomic mass is 10.1. The first-order valence-electron chi connectivity index (χ1n) is 4.25. The highest BCUT2D eigenvalue weighted by Crippen LogP contribution is 2.12. The summed E-state index contributed by atoms with van der Waals surface area (Å²) in [6.45, 7) is 5.02. The lowest BCUT2D eigenvalue weighted by molar-refractivity contribution is 0.576. The summed E-state index contributed by atoms with van der Waals surface area (Å²) in [6.07, 6.45) is 0. The standard InChI is InChI=1S/C10H13NO2S/c1-3-14(12,13)11-9(2)10-7-5-4-6-8-10/h3-9,11H,1H2,2H3/t9-/m1/s1. The molecule has 0 radical (unpaired) electrons. The van der Waals surface area contributed by atoms with E-state index in [2.05, 4.69) is 11.3 Å². The molecule has 0 aromatic heterocycles. The van der Waals surface area contributed by atoms with Gasteiger partial charge >= 0.3 is 0 Å². The highest BCUT2D eigenvalue weighted by Gasteiger charge is 2.11. The van der Waals surface area contributed by atoms with Crippen molar-refractivity contribution < 1.29 is 8.42 Å². The minimum absolute atomic E-state index is 0.237. The first-order valence-corrected chi connectivity index (χ1v) is 5.79. The van der Waals surface area contributed by atoms with Gasteiger partial charge < -0.3 is 0 Å². The Kier molecular flexibility index (Phi) is 3.43. The molecule has 0 amide bonds. The zero-order valence-corrected chi connectivity index (χ0v) is 8.79. The lowest BCUT2D eigenvalue weighted by Crippen LogP contribution is -2.24. The molecule has 0 aliphatic heterocycles. The molecule has 0 aliphatic rings. The van der Waals surface area contributed by atoms with Crippen molar-refractivity contribution in [2.45, 2.75) is 13.0 Å². The van der Waals surface area contributed by atoms with E-state index in [9.17, 15) is 8.42 Å². The average Bonchev–Trinajstić information content (AvgIpc) is 2.19. The van der Waals surface area contributed by atoms with Crippen molar-refractivity contribution in [1.29, 1.82) is 0 Å². The third-order valence-corrected chi connectivity index (χ3v) is 2.98. The van der Waals surface area contributed by atoms with Gasteiger partial charge in [-0.25, -0.2) is 13.1 Å². The van der Waals surface area contributed by atoms with Crippen LogP contribution in [0, 0.1) is 0 Å². The zero-order chi connectivity index (χ0) is 10.6. The van der Waals surface area contributed by atoms with Gasteiger partial charge in [0.1, 0.15) is 0 Å². The summed E-state index contributed by atoms with van der Waals surface area (Å²) < 4.78 is 24.8. The maximum absolute atomic E-state index is 11.2. The van der Waals surface area contributed by atoms with E-state index in [0.717, 1.165) is 11.0 Å². The summed E-state index contributed by atoms with van der Waals surface area (Å²) in [7, 11) is -3.35. The van der Waals surface area contributed by atoms with Gasteiger partial charge in [-0.15, -0.1) is 0 Å². The topological polar surface area (TPSA) is 46.2 Å². The molecule has 0 heterocycles. The van der Waals surface area contributed by atoms with Gasteiger partial charge in [0.2, 0.25) is 10.0 Å². The Bertz CT molecular complexity index is 397. The van der Waals surface area contributed by atoms with Crippen molar-refractivity contribution in [3.05, 3.63) is 47.9 Å². The minimum Gasteiger partial charge on any atom is -0.208 e. The summed E-state index contributed by atoms with van der Waals surface area (Å²) in [5.41, 5.74) is 0.929. The van der Waals surface area contributed by atoms with Gasteiger partial charge in [-0.3, -0.25) is 0 Å². The third-order valence-electron chi connectivity index (χ3n) is 1.86. The van der Waals surface area contributed by atoms with E-state index in [1.165, 1.54) is 0 Å². The molecule has 1 rings (SSSR count). The van der Waals surface area contributed by atoms with Gasteiger partial charge in [-0.05, 0) is 12.5 Å². The second-order valence-electron chi connectivity index (χ2n) is 2.96. The van der Waals surface area contributed by atoms with Gasteiger partial charge in [0.15, 0.2) is 0 Å². The van der Waals surface area contributed by atoms with E-state index in [0.29, 0.717) is 0 Å². The molecule has 1 atom stereocenters. The Morgan fingerprint density at radius 3 is 2.43 bits per heavy atom. The molecule has 1 aromatic rings. The quantitative estimate of drug-likeness (QED) is 0.825. The summed E-state index contributed by atoms with van der Waals surface area (Å²) in [6, 6.07) is 9.13. The molecule has 0 aliphatic carbocycles. The molecular formula is C10H13NO2S. The molecule has 0 fully saturated rings. The van der Waals surface area contributed by atoms with Crippen molar-refractivity contribution in [3.8, 4) is 0 Å². The Morgan fingerprint density at radius 2 is 1.93 bits per heavy atom. The maximum Gasteiger partial charge on any atom is 0.233 e. The fraction of sp³-hybridized carbons (Fsp3) is 0.200. The van der Waals surface area contributed by atoms with Gasteiger partial charge in [-0.2, -0.15) is 0 Å². The van der Waals surface area contributed by atoms with Crippen molar-refractivity contribution >= 4 is 10.0 Å². The summed E-state index contributed by atoms with van der Waals surface area (Å²) in [4.78, 5) is 0. The van der Waals surface area contributed by atoms with Crippen LogP contribution in [-0.4, -0.2) is 8.42 Å². The van der Waals surface area contributed by atoms with E-state index in [4.69, 9.17) is 0 Å². The normalized spacial score (nSPS) is 13.5. The van der Waals surface area contributed by atoms with Gasteiger partial charge in [-0.1, -0.05) is 36.9 Å². The van der Waals surface area contributed by atoms with E-state index in [-0.39, 0.29) is 6.04 Å². The average molecular weight is 211 g/mol. The number of rotatable bonds is 4. The van der Waals surface area contributed by atoms with Gasteiger partial charge in [0, 0.05) is 11.4 Å². The van der Waals surface area contributed by atoms with Crippen LogP contribution < -0.4 is 4.72 Å². The number of hydrogen-bond donors (Lipinski definition) is 1. The molecule has 76 valence electrons. The second kappa shape index (κ2) is 4.39. The van der Waals surface area contributed by atoms with E-state index < -0.39 is 10.0 Å². The lowest BCUT2D eigenvalue weighted by Gasteiger charge is -2.12. The maximum atomic E-state index is 11.2. The highest BCUT2D eigenvalue weighted by molar-refractivity contribution is 7.92. The van der Waals surface area contributed by atoms with Crippen LogP contribution in [0.25, 0.3) is 0 Å². The van der Waals surface area contributed by atoms with Crippen LogP contribution in [0.15, 0.2) is 42.3 Å². The Labute approximate surface area is 84.5 Å². The molecule has 14 heavy (non-hydrogen) atoms. The van der Waals surface area contributed by atoms with Crippen LogP contribution in [0.1, 0.15) is 18.5 Å². The van der Waals surface area contributed by atoms with Crippen LogP contribution in [0.2, 0.25) is 0 Å². The Hall–Kier alpha value is -1.13. The van der Waals surface area contributed by atoms with Crippen molar-refractivity contribution in [2.75, 3.05) is 0 Å². The molecule has 0 bridgehead atoms. The smallest absolute Gasteiger partial charge is 0.208 e. The number of sulfonamides is 1. The highest BCUT2D eigenvalue weighted by atomic mass is 32.2. The molecule has 0 unspecified atom stereocenters. The van der Waals surface area contributed by atoms with Crippen LogP contribution >= 0.6 is 0 Å². The van der Waals surface area contributed by atoms with Crippen LogP contribution in [-0.2, 0) is 10.0 Å². The first kappa shape index (κ1) is 10.9. The predicted molar refractivity (Wildman–Crippen MR) is 57.1 cm³/mol. The number of hydrogen-bond acceptors (Lipinski definition) is 2.